The lowest BCUT2D eigenvalue weighted by Crippen LogP contribution is -2.51. The Labute approximate surface area is 187 Å². The number of imidazole rings is 1. The summed E-state index contributed by atoms with van der Waals surface area (Å²) in [5.41, 5.74) is 1.70. The first-order chi connectivity index (χ1) is 15.9. The Morgan fingerprint density at radius 3 is 2.70 bits per heavy atom. The number of halogens is 2. The third-order valence-electron chi connectivity index (χ3n) is 7.31. The maximum atomic E-state index is 14.2. The molecule has 1 aromatic carbocycles. The molecule has 3 aliphatic rings. The summed E-state index contributed by atoms with van der Waals surface area (Å²) < 4.78 is 29.9. The van der Waals surface area contributed by atoms with E-state index in [0.717, 1.165) is 31.7 Å². The van der Waals surface area contributed by atoms with Gasteiger partial charge < -0.3 is 20.0 Å². The second kappa shape index (κ2) is 7.23. The van der Waals surface area contributed by atoms with Crippen LogP contribution in [0.2, 0.25) is 0 Å². The van der Waals surface area contributed by atoms with Crippen molar-refractivity contribution in [3.05, 3.63) is 36.3 Å². The zero-order valence-corrected chi connectivity index (χ0v) is 17.8. The highest BCUT2D eigenvalue weighted by Gasteiger charge is 2.47. The van der Waals surface area contributed by atoms with Gasteiger partial charge in [0.1, 0.15) is 17.2 Å². The van der Waals surface area contributed by atoms with Crippen LogP contribution >= 0.6 is 0 Å². The third-order valence-corrected chi connectivity index (χ3v) is 7.31. The number of aromatic nitrogens is 5. The van der Waals surface area contributed by atoms with Crippen molar-refractivity contribution in [3.63, 3.8) is 0 Å². The van der Waals surface area contributed by atoms with Gasteiger partial charge in [0, 0.05) is 36.3 Å². The number of nitrogens with zero attached hydrogens (tertiary/aromatic N) is 4. The number of H-pyrrole nitrogens is 1. The van der Waals surface area contributed by atoms with Crippen molar-refractivity contribution in [1.82, 2.24) is 24.5 Å². The molecule has 2 bridgehead atoms. The second-order valence-corrected chi connectivity index (χ2v) is 9.15. The predicted molar refractivity (Wildman–Crippen MR) is 117 cm³/mol. The monoisotopic (exact) mass is 452 g/mol. The molecule has 170 valence electrons. The summed E-state index contributed by atoms with van der Waals surface area (Å²) in [6.07, 6.45) is 7.00. The molecule has 7 rings (SSSR count). The summed E-state index contributed by atoms with van der Waals surface area (Å²) in [7, 11) is 1.80. The van der Waals surface area contributed by atoms with Crippen molar-refractivity contribution in [2.24, 2.45) is 24.8 Å². The lowest BCUT2D eigenvalue weighted by atomic mass is 9.61. The molecule has 0 spiro atoms. The molecule has 0 radical (unpaired) electrons. The molecule has 2 unspecified atom stereocenters. The number of hydrogen-bond acceptors (Lipinski definition) is 5. The molecule has 3 aromatic heterocycles. The first-order valence-electron chi connectivity index (χ1n) is 11.1. The largest absolute Gasteiger partial charge is 0.481 e. The van der Waals surface area contributed by atoms with Crippen LogP contribution in [0.25, 0.3) is 33.5 Å². The van der Waals surface area contributed by atoms with E-state index in [-0.39, 0.29) is 29.2 Å². The Kier molecular flexibility index (Phi) is 4.40. The summed E-state index contributed by atoms with van der Waals surface area (Å²) in [4.78, 5) is 28.7. The number of carboxylic acid groups (broad SMARTS) is 1. The zero-order valence-electron chi connectivity index (χ0n) is 17.8. The van der Waals surface area contributed by atoms with E-state index in [4.69, 9.17) is 0 Å². The third kappa shape index (κ3) is 3.07. The molecule has 4 aromatic rings. The standard InChI is InChI=1S/C23H22F2N6O2/c1-31-9-27-19-21(28-17-11-4-2-10(3-5-11)16(17)23(32)33)29-20(30-22(19)31)14-8-26-18-13(14)6-12(24)7-15(18)25/h6-11,16-17,26H,2-5H2,1H3,(H,32,33)(H,28,29,30). The molecule has 3 fully saturated rings. The minimum Gasteiger partial charge on any atom is -0.481 e. The summed E-state index contributed by atoms with van der Waals surface area (Å²) in [5.74, 6) is -1.58. The van der Waals surface area contributed by atoms with Crippen molar-refractivity contribution in [2.75, 3.05) is 5.32 Å². The number of nitrogens with one attached hydrogen (secondary N) is 2. The molecule has 33 heavy (non-hydrogen) atoms. The Bertz CT molecular complexity index is 1410. The highest BCUT2D eigenvalue weighted by Crippen LogP contribution is 2.46. The highest BCUT2D eigenvalue weighted by atomic mass is 19.1. The minimum absolute atomic E-state index is 0.144. The van der Waals surface area contributed by atoms with Crippen LogP contribution in [-0.4, -0.2) is 41.6 Å². The van der Waals surface area contributed by atoms with Gasteiger partial charge in [-0.3, -0.25) is 4.79 Å². The van der Waals surface area contributed by atoms with Crippen LogP contribution in [0.3, 0.4) is 0 Å². The highest BCUT2D eigenvalue weighted by molar-refractivity contribution is 5.96. The number of benzene rings is 1. The Balaban J connectivity index is 1.49. The van der Waals surface area contributed by atoms with Crippen molar-refractivity contribution in [2.45, 2.75) is 31.7 Å². The van der Waals surface area contributed by atoms with E-state index in [1.165, 1.54) is 6.07 Å². The predicted octanol–water partition coefficient (Wildman–Crippen LogP) is 4.09. The number of aromatic amines is 1. The van der Waals surface area contributed by atoms with Crippen LogP contribution in [0, 0.1) is 29.4 Å². The number of carboxylic acids is 1. The van der Waals surface area contributed by atoms with Gasteiger partial charge in [-0.25, -0.2) is 23.7 Å². The van der Waals surface area contributed by atoms with Crippen molar-refractivity contribution in [3.8, 4) is 11.4 Å². The summed E-state index contributed by atoms with van der Waals surface area (Å²) in [5, 5.41) is 13.7. The van der Waals surface area contributed by atoms with E-state index in [0.29, 0.717) is 27.9 Å². The number of aliphatic carboxylic acids is 1. The molecule has 3 heterocycles. The topological polar surface area (TPSA) is 109 Å². The first kappa shape index (κ1) is 20.1. The normalized spacial score (nSPS) is 24.6. The first-order valence-corrected chi connectivity index (χ1v) is 11.1. The number of fused-ring (bicyclic) bond motifs is 5. The molecule has 3 saturated carbocycles. The molecule has 0 aliphatic heterocycles. The van der Waals surface area contributed by atoms with Crippen molar-refractivity contribution >= 4 is 33.9 Å². The molecule has 3 N–H and O–H groups in total. The maximum Gasteiger partial charge on any atom is 0.308 e. The second-order valence-electron chi connectivity index (χ2n) is 9.15. The fourth-order valence-electron chi connectivity index (χ4n) is 5.74. The number of rotatable bonds is 4. The van der Waals surface area contributed by atoms with E-state index >= 15 is 0 Å². The van der Waals surface area contributed by atoms with E-state index in [1.807, 2.05) is 0 Å². The van der Waals surface area contributed by atoms with Gasteiger partial charge in [-0.1, -0.05) is 0 Å². The average molecular weight is 452 g/mol. The zero-order chi connectivity index (χ0) is 22.9. The average Bonchev–Trinajstić information content (AvgIpc) is 3.38. The summed E-state index contributed by atoms with van der Waals surface area (Å²) in [6.45, 7) is 0. The van der Waals surface area contributed by atoms with Crippen LogP contribution in [0.4, 0.5) is 14.6 Å². The quantitative estimate of drug-likeness (QED) is 0.430. The molecule has 2 atom stereocenters. The van der Waals surface area contributed by atoms with Gasteiger partial charge in [-0.05, 0) is 43.6 Å². The summed E-state index contributed by atoms with van der Waals surface area (Å²) in [6, 6.07) is 1.81. The van der Waals surface area contributed by atoms with E-state index in [1.54, 1.807) is 24.1 Å². The van der Waals surface area contributed by atoms with Crippen LogP contribution in [0.1, 0.15) is 25.7 Å². The number of carbonyl (C=O) groups is 1. The van der Waals surface area contributed by atoms with Crippen LogP contribution < -0.4 is 5.32 Å². The lowest BCUT2D eigenvalue weighted by molar-refractivity contribution is -0.148. The van der Waals surface area contributed by atoms with Crippen molar-refractivity contribution in [1.29, 1.82) is 0 Å². The van der Waals surface area contributed by atoms with Gasteiger partial charge in [0.25, 0.3) is 0 Å². The molecular formula is C23H22F2N6O2. The van der Waals surface area contributed by atoms with Crippen molar-refractivity contribution < 1.29 is 18.7 Å². The molecule has 10 heteroatoms. The van der Waals surface area contributed by atoms with Crippen LogP contribution in [0.5, 0.6) is 0 Å². The van der Waals surface area contributed by atoms with E-state index in [9.17, 15) is 18.7 Å². The SMILES string of the molecule is Cn1cnc2c(NC3C4CCC(CC4)C3C(=O)O)nc(-c3c[nH]c4c(F)cc(F)cc34)nc21. The minimum atomic E-state index is -0.795. The van der Waals surface area contributed by atoms with Gasteiger partial charge in [-0.15, -0.1) is 0 Å². The number of aryl methyl sites for hydroxylation is 1. The van der Waals surface area contributed by atoms with Gasteiger partial charge in [-0.2, -0.15) is 0 Å². The Morgan fingerprint density at radius 2 is 1.94 bits per heavy atom. The fraction of sp³-hybridized carbons (Fsp3) is 0.391. The van der Waals surface area contributed by atoms with Gasteiger partial charge in [0.15, 0.2) is 17.3 Å². The van der Waals surface area contributed by atoms with E-state index < -0.39 is 23.5 Å². The number of hydrogen-bond donors (Lipinski definition) is 3. The lowest BCUT2D eigenvalue weighted by Gasteiger charge is -2.47. The Morgan fingerprint density at radius 1 is 1.18 bits per heavy atom. The molecule has 0 saturated heterocycles. The molecular weight excluding hydrogens is 430 g/mol. The van der Waals surface area contributed by atoms with Gasteiger partial charge >= 0.3 is 5.97 Å². The fourth-order valence-corrected chi connectivity index (χ4v) is 5.74. The summed E-state index contributed by atoms with van der Waals surface area (Å²) >= 11 is 0. The van der Waals surface area contributed by atoms with Gasteiger partial charge in [0.2, 0.25) is 0 Å². The molecule has 8 nitrogen and oxygen atoms in total. The molecule has 3 aliphatic carbocycles. The Hall–Kier alpha value is -3.56. The maximum absolute atomic E-state index is 14.2. The smallest absolute Gasteiger partial charge is 0.308 e. The van der Waals surface area contributed by atoms with Crippen LogP contribution in [0.15, 0.2) is 24.7 Å². The van der Waals surface area contributed by atoms with Crippen LogP contribution in [-0.2, 0) is 11.8 Å². The molecule has 0 amide bonds. The number of anilines is 1. The van der Waals surface area contributed by atoms with E-state index in [2.05, 4.69) is 25.3 Å². The van der Waals surface area contributed by atoms with Gasteiger partial charge in [0.05, 0.1) is 17.8 Å².